The van der Waals surface area contributed by atoms with Crippen molar-refractivity contribution in [1.82, 2.24) is 4.90 Å². The molecule has 2 aromatic rings. The Morgan fingerprint density at radius 2 is 1.55 bits per heavy atom. The lowest BCUT2D eigenvalue weighted by molar-refractivity contribution is -0.117. The highest BCUT2D eigenvalue weighted by Gasteiger charge is 2.13. The van der Waals surface area contributed by atoms with Crippen molar-refractivity contribution in [3.63, 3.8) is 0 Å². The maximum absolute atomic E-state index is 12.7. The first-order valence-electron chi connectivity index (χ1n) is 10.8. The number of hydrogen-bond acceptors (Lipinski definition) is 3. The van der Waals surface area contributed by atoms with Crippen LogP contribution >= 0.6 is 0 Å². The Bertz CT molecular complexity index is 728. The molecule has 0 aliphatic carbocycles. The van der Waals surface area contributed by atoms with Crippen molar-refractivity contribution in [2.24, 2.45) is 0 Å². The van der Waals surface area contributed by atoms with E-state index in [1.165, 1.54) is 0 Å². The van der Waals surface area contributed by atoms with Gasteiger partial charge in [-0.1, -0.05) is 57.0 Å². The van der Waals surface area contributed by atoms with Crippen LogP contribution in [0.15, 0.2) is 42.5 Å². The maximum atomic E-state index is 12.7. The summed E-state index contributed by atoms with van der Waals surface area (Å²) in [7, 11) is 0. The van der Waals surface area contributed by atoms with E-state index >= 15 is 0 Å². The summed E-state index contributed by atoms with van der Waals surface area (Å²) < 4.78 is 5.95. The fraction of sp³-hybridized carbons (Fsp3) is 0.480. The molecule has 0 unspecified atom stereocenters. The topological polar surface area (TPSA) is 41.6 Å². The minimum Gasteiger partial charge on any atom is -0.489 e. The Morgan fingerprint density at radius 3 is 2.10 bits per heavy atom. The lowest BCUT2D eigenvalue weighted by Gasteiger charge is -2.22. The lowest BCUT2D eigenvalue weighted by atomic mass is 10.1. The molecule has 4 nitrogen and oxygen atoms in total. The van der Waals surface area contributed by atoms with Gasteiger partial charge in [0.1, 0.15) is 12.4 Å². The van der Waals surface area contributed by atoms with Crippen LogP contribution < -0.4 is 10.1 Å². The third kappa shape index (κ3) is 7.90. The smallest absolute Gasteiger partial charge is 0.238 e. The quantitative estimate of drug-likeness (QED) is 0.499. The van der Waals surface area contributed by atoms with Crippen molar-refractivity contribution in [1.29, 1.82) is 0 Å². The summed E-state index contributed by atoms with van der Waals surface area (Å²) in [5, 5.41) is 3.13. The number of benzene rings is 2. The fourth-order valence-corrected chi connectivity index (χ4v) is 3.36. The number of rotatable bonds is 12. The van der Waals surface area contributed by atoms with Crippen LogP contribution in [0.1, 0.15) is 56.2 Å². The Hall–Kier alpha value is -2.33. The second kappa shape index (κ2) is 12.3. The van der Waals surface area contributed by atoms with Crippen molar-refractivity contribution in [2.75, 3.05) is 25.0 Å². The minimum absolute atomic E-state index is 0.0568. The molecule has 2 rings (SSSR count). The molecule has 0 aliphatic rings. The van der Waals surface area contributed by atoms with E-state index < -0.39 is 0 Å². The summed E-state index contributed by atoms with van der Waals surface area (Å²) in [4.78, 5) is 14.9. The molecule has 158 valence electrons. The van der Waals surface area contributed by atoms with Crippen molar-refractivity contribution >= 4 is 11.6 Å². The van der Waals surface area contributed by atoms with Crippen molar-refractivity contribution < 1.29 is 9.53 Å². The minimum atomic E-state index is 0.0568. The molecule has 0 heterocycles. The molecule has 2 aromatic carbocycles. The third-order valence-corrected chi connectivity index (χ3v) is 5.04. The Balaban J connectivity index is 1.97. The normalized spacial score (nSPS) is 10.9. The third-order valence-electron chi connectivity index (χ3n) is 5.04. The number of ether oxygens (including phenoxy) is 1. The highest BCUT2D eigenvalue weighted by atomic mass is 16.5. The van der Waals surface area contributed by atoms with Crippen LogP contribution in [0.25, 0.3) is 0 Å². The number of aryl methyl sites for hydroxylation is 2. The number of amides is 1. The summed E-state index contributed by atoms with van der Waals surface area (Å²) >= 11 is 0. The van der Waals surface area contributed by atoms with Crippen LogP contribution in [0.4, 0.5) is 5.69 Å². The zero-order chi connectivity index (χ0) is 21.1. The first kappa shape index (κ1) is 23.0. The number of carbonyl (C=O) groups excluding carboxylic acids is 1. The van der Waals surface area contributed by atoms with E-state index in [0.29, 0.717) is 13.2 Å². The van der Waals surface area contributed by atoms with E-state index in [9.17, 15) is 4.79 Å². The van der Waals surface area contributed by atoms with E-state index in [2.05, 4.69) is 36.2 Å². The molecule has 0 aromatic heterocycles. The highest BCUT2D eigenvalue weighted by Crippen LogP contribution is 2.27. The molecule has 0 fully saturated rings. The van der Waals surface area contributed by atoms with Gasteiger partial charge >= 0.3 is 0 Å². The second-order valence-corrected chi connectivity index (χ2v) is 7.74. The van der Waals surface area contributed by atoms with Crippen LogP contribution in [0, 0.1) is 13.8 Å². The van der Waals surface area contributed by atoms with Gasteiger partial charge in [0.15, 0.2) is 0 Å². The average Bonchev–Trinajstić information content (AvgIpc) is 2.72. The van der Waals surface area contributed by atoms with E-state index in [1.54, 1.807) is 0 Å². The van der Waals surface area contributed by atoms with Gasteiger partial charge in [0, 0.05) is 5.69 Å². The predicted octanol–water partition coefficient (Wildman–Crippen LogP) is 5.72. The van der Waals surface area contributed by atoms with Crippen molar-refractivity contribution in [3.8, 4) is 5.75 Å². The van der Waals surface area contributed by atoms with Crippen LogP contribution in [0.3, 0.4) is 0 Å². The molecule has 1 N–H and O–H groups in total. The van der Waals surface area contributed by atoms with Crippen LogP contribution in [0.2, 0.25) is 0 Å². The van der Waals surface area contributed by atoms with Gasteiger partial charge in [-0.2, -0.15) is 0 Å². The van der Waals surface area contributed by atoms with Crippen molar-refractivity contribution in [2.45, 2.75) is 60.0 Å². The van der Waals surface area contributed by atoms with E-state index in [0.717, 1.165) is 66.9 Å². The van der Waals surface area contributed by atoms with Crippen LogP contribution in [-0.2, 0) is 11.4 Å². The number of hydrogen-bond donors (Lipinski definition) is 1. The molecule has 29 heavy (non-hydrogen) atoms. The maximum Gasteiger partial charge on any atom is 0.238 e. The van der Waals surface area contributed by atoms with E-state index in [-0.39, 0.29) is 5.91 Å². The monoisotopic (exact) mass is 396 g/mol. The van der Waals surface area contributed by atoms with Gasteiger partial charge in [0.25, 0.3) is 0 Å². The molecular weight excluding hydrogens is 360 g/mol. The summed E-state index contributed by atoms with van der Waals surface area (Å²) in [5.41, 5.74) is 4.08. The largest absolute Gasteiger partial charge is 0.489 e. The highest BCUT2D eigenvalue weighted by molar-refractivity contribution is 5.93. The lowest BCUT2D eigenvalue weighted by Crippen LogP contribution is -2.35. The molecule has 0 atom stereocenters. The number of nitrogens with zero attached hydrogens (tertiary/aromatic N) is 1. The van der Waals surface area contributed by atoms with Crippen molar-refractivity contribution in [3.05, 3.63) is 59.2 Å². The number of carbonyl (C=O) groups is 1. The average molecular weight is 397 g/mol. The first-order chi connectivity index (χ1) is 14.0. The molecule has 0 saturated carbocycles. The molecule has 4 heteroatoms. The summed E-state index contributed by atoms with van der Waals surface area (Å²) in [5.74, 6) is 0.885. The van der Waals surface area contributed by atoms with E-state index in [4.69, 9.17) is 4.74 Å². The van der Waals surface area contributed by atoms with Gasteiger partial charge in [0.05, 0.1) is 6.54 Å². The molecule has 0 bridgehead atoms. The van der Waals surface area contributed by atoms with Gasteiger partial charge in [-0.15, -0.1) is 0 Å². The Morgan fingerprint density at radius 1 is 0.966 bits per heavy atom. The standard InChI is InChI=1S/C25H36N2O2/c1-5-7-14-27(15-8-6-2)18-24(28)26-25-20(3)16-23(17-21(25)4)29-19-22-12-10-9-11-13-22/h9-13,16-17H,5-8,14-15,18-19H2,1-4H3,(H,26,28). The van der Waals surface area contributed by atoms with Gasteiger partial charge in [-0.3, -0.25) is 9.69 Å². The van der Waals surface area contributed by atoms with Gasteiger partial charge in [-0.25, -0.2) is 0 Å². The predicted molar refractivity (Wildman–Crippen MR) is 122 cm³/mol. The van der Waals surface area contributed by atoms with Gasteiger partial charge in [-0.05, 0) is 68.6 Å². The molecular formula is C25H36N2O2. The summed E-state index contributed by atoms with van der Waals surface area (Å²) in [6, 6.07) is 14.1. The zero-order valence-corrected chi connectivity index (χ0v) is 18.5. The second-order valence-electron chi connectivity index (χ2n) is 7.74. The molecule has 1 amide bonds. The Kier molecular flexibility index (Phi) is 9.72. The molecule has 0 radical (unpaired) electrons. The van der Waals surface area contributed by atoms with Crippen LogP contribution in [0.5, 0.6) is 5.75 Å². The SMILES string of the molecule is CCCCN(CCCC)CC(=O)Nc1c(C)cc(OCc2ccccc2)cc1C. The summed E-state index contributed by atoms with van der Waals surface area (Å²) in [6.45, 7) is 11.4. The van der Waals surface area contributed by atoms with Gasteiger partial charge in [0.2, 0.25) is 5.91 Å². The number of unbranched alkanes of at least 4 members (excludes halogenated alkanes) is 2. The van der Waals surface area contributed by atoms with E-state index in [1.807, 2.05) is 44.2 Å². The first-order valence-corrected chi connectivity index (χ1v) is 10.8. The van der Waals surface area contributed by atoms with Crippen LogP contribution in [-0.4, -0.2) is 30.4 Å². The molecule has 0 saturated heterocycles. The number of anilines is 1. The fourth-order valence-electron chi connectivity index (χ4n) is 3.36. The number of nitrogens with one attached hydrogen (secondary N) is 1. The summed E-state index contributed by atoms with van der Waals surface area (Å²) in [6.07, 6.45) is 4.55. The molecule has 0 spiro atoms. The zero-order valence-electron chi connectivity index (χ0n) is 18.5. The molecule has 0 aliphatic heterocycles. The van der Waals surface area contributed by atoms with Gasteiger partial charge < -0.3 is 10.1 Å². The Labute approximate surface area is 176 Å².